The fourth-order valence-electron chi connectivity index (χ4n) is 3.03. The Kier molecular flexibility index (Phi) is 12.6. The third kappa shape index (κ3) is 12.1. The molecule has 4 heteroatoms. The molecule has 0 aromatic carbocycles. The quantitative estimate of drug-likeness (QED) is 0.392. The zero-order valence-corrected chi connectivity index (χ0v) is 15.1. The number of nitrogens with one attached hydrogen (secondary N) is 1. The van der Waals surface area contributed by atoms with Crippen LogP contribution in [0.4, 0.5) is 0 Å². The van der Waals surface area contributed by atoms with Crippen molar-refractivity contribution >= 4 is 0 Å². The van der Waals surface area contributed by atoms with Crippen molar-refractivity contribution in [2.24, 2.45) is 0 Å². The van der Waals surface area contributed by atoms with Crippen LogP contribution in [0.5, 0.6) is 0 Å². The van der Waals surface area contributed by atoms with E-state index in [1.807, 2.05) is 0 Å². The summed E-state index contributed by atoms with van der Waals surface area (Å²) in [7, 11) is 0. The predicted molar refractivity (Wildman–Crippen MR) is 95.8 cm³/mol. The maximum absolute atomic E-state index is 10.8. The van der Waals surface area contributed by atoms with Gasteiger partial charge < -0.3 is 0 Å². The molecule has 0 bridgehead atoms. The second-order valence-electron chi connectivity index (χ2n) is 6.74. The molecule has 0 radical (unpaired) electrons. The number of H-pyrrole nitrogens is 1. The first-order chi connectivity index (χ1) is 11.3. The van der Waals surface area contributed by atoms with Crippen LogP contribution in [-0.4, -0.2) is 10.1 Å². The molecule has 0 aliphatic heterocycles. The van der Waals surface area contributed by atoms with E-state index in [4.69, 9.17) is 0 Å². The van der Waals surface area contributed by atoms with Gasteiger partial charge in [-0.25, -0.2) is 4.79 Å². The number of nitrogens with zero attached hydrogens (tertiary/aromatic N) is 1. The summed E-state index contributed by atoms with van der Waals surface area (Å²) >= 11 is 0. The molecule has 1 N–H and O–H groups in total. The molecule has 1 aromatic rings. The lowest BCUT2D eigenvalue weighted by atomic mass is 10.0. The average Bonchev–Trinajstić information content (AvgIpc) is 2.96. The Morgan fingerprint density at radius 3 is 1.57 bits per heavy atom. The van der Waals surface area contributed by atoms with Crippen LogP contribution in [0.15, 0.2) is 9.32 Å². The van der Waals surface area contributed by atoms with Gasteiger partial charge in [-0.1, -0.05) is 102 Å². The first-order valence-corrected chi connectivity index (χ1v) is 9.88. The van der Waals surface area contributed by atoms with E-state index in [-0.39, 0.29) is 0 Å². The Bertz CT molecular complexity index is 412. The lowest BCUT2D eigenvalue weighted by Gasteiger charge is -2.03. The van der Waals surface area contributed by atoms with Gasteiger partial charge in [-0.2, -0.15) is 0 Å². The van der Waals surface area contributed by atoms with Crippen molar-refractivity contribution in [1.29, 1.82) is 0 Å². The van der Waals surface area contributed by atoms with Crippen LogP contribution in [-0.2, 0) is 6.42 Å². The number of aryl methyl sites for hydroxylation is 1. The molecular weight excluding hydrogens is 288 g/mol. The van der Waals surface area contributed by atoms with Gasteiger partial charge >= 0.3 is 5.76 Å². The fraction of sp³-hybridized carbons (Fsp3) is 0.895. The van der Waals surface area contributed by atoms with Gasteiger partial charge in [0.1, 0.15) is 0 Å². The lowest BCUT2D eigenvalue weighted by Crippen LogP contribution is -1.97. The highest BCUT2D eigenvalue weighted by Crippen LogP contribution is 2.13. The maximum atomic E-state index is 10.8. The molecule has 4 nitrogen and oxygen atoms in total. The first-order valence-electron chi connectivity index (χ1n) is 9.88. The fourth-order valence-corrected chi connectivity index (χ4v) is 3.03. The summed E-state index contributed by atoms with van der Waals surface area (Å²) in [5.74, 6) is 0.241. The second kappa shape index (κ2) is 14.5. The Morgan fingerprint density at radius 1 is 0.739 bits per heavy atom. The molecule has 0 atom stereocenters. The standard InChI is InChI=1S/C19H36N2O2/c1-2-3-4-5-6-7-8-9-10-11-12-13-14-15-16-17-18-20-19(22)23-21-18/h2-17H2,1H3,(H,20,21,22). The topological polar surface area (TPSA) is 58.9 Å². The smallest absolute Gasteiger partial charge is 0.296 e. The Balaban J connectivity index is 1.72. The van der Waals surface area contributed by atoms with Crippen LogP contribution in [0.2, 0.25) is 0 Å². The molecule has 0 aliphatic rings. The summed E-state index contributed by atoms with van der Waals surface area (Å²) in [5, 5.41) is 3.68. The summed E-state index contributed by atoms with van der Waals surface area (Å²) in [4.78, 5) is 13.4. The molecule has 0 spiro atoms. The van der Waals surface area contributed by atoms with Gasteiger partial charge in [-0.05, 0) is 6.42 Å². The monoisotopic (exact) mass is 324 g/mol. The van der Waals surface area contributed by atoms with E-state index in [2.05, 4.69) is 21.6 Å². The SMILES string of the molecule is CCCCCCCCCCCCCCCCCc1noc(=O)[nH]1. The van der Waals surface area contributed by atoms with Gasteiger partial charge in [-0.3, -0.25) is 9.51 Å². The Labute approximate surface area is 141 Å². The van der Waals surface area contributed by atoms with Gasteiger partial charge in [0.2, 0.25) is 0 Å². The van der Waals surface area contributed by atoms with E-state index in [0.717, 1.165) is 12.8 Å². The molecule has 0 saturated carbocycles. The molecule has 23 heavy (non-hydrogen) atoms. The van der Waals surface area contributed by atoms with Crippen molar-refractivity contribution in [2.75, 3.05) is 0 Å². The minimum atomic E-state index is -0.444. The summed E-state index contributed by atoms with van der Waals surface area (Å²) < 4.78 is 4.48. The summed E-state index contributed by atoms with van der Waals surface area (Å²) in [5.41, 5.74) is 0. The molecule has 1 aromatic heterocycles. The van der Waals surface area contributed by atoms with Gasteiger partial charge in [0, 0.05) is 6.42 Å². The van der Waals surface area contributed by atoms with Crippen molar-refractivity contribution in [3.63, 3.8) is 0 Å². The number of aromatic amines is 1. The highest BCUT2D eigenvalue weighted by Gasteiger charge is 1.99. The molecule has 0 unspecified atom stereocenters. The average molecular weight is 325 g/mol. The molecule has 0 aliphatic carbocycles. The lowest BCUT2D eigenvalue weighted by molar-refractivity contribution is 0.380. The number of rotatable bonds is 16. The summed E-state index contributed by atoms with van der Waals surface area (Å²) in [6.45, 7) is 2.28. The Hall–Kier alpha value is -1.06. The van der Waals surface area contributed by atoms with E-state index in [1.165, 1.54) is 89.9 Å². The van der Waals surface area contributed by atoms with Crippen LogP contribution >= 0.6 is 0 Å². The first kappa shape index (κ1) is 20.0. The third-order valence-electron chi connectivity index (χ3n) is 4.50. The van der Waals surface area contributed by atoms with Crippen molar-refractivity contribution in [2.45, 2.75) is 110 Å². The largest absolute Gasteiger partial charge is 0.438 e. The number of hydrogen-bond donors (Lipinski definition) is 1. The number of aromatic nitrogens is 2. The number of unbranched alkanes of at least 4 members (excludes halogenated alkanes) is 14. The zero-order chi connectivity index (χ0) is 16.6. The van der Waals surface area contributed by atoms with Crippen LogP contribution < -0.4 is 5.76 Å². The highest BCUT2D eigenvalue weighted by molar-refractivity contribution is 4.77. The molecule has 0 amide bonds. The van der Waals surface area contributed by atoms with Crippen LogP contribution in [0.25, 0.3) is 0 Å². The summed E-state index contributed by atoms with van der Waals surface area (Å²) in [6, 6.07) is 0. The van der Waals surface area contributed by atoms with E-state index in [0.29, 0.717) is 5.82 Å². The normalized spacial score (nSPS) is 11.2. The van der Waals surface area contributed by atoms with Crippen molar-refractivity contribution in [3.8, 4) is 0 Å². The highest BCUT2D eigenvalue weighted by atomic mass is 16.5. The molecule has 134 valence electrons. The second-order valence-corrected chi connectivity index (χ2v) is 6.74. The van der Waals surface area contributed by atoms with E-state index < -0.39 is 5.76 Å². The van der Waals surface area contributed by atoms with Crippen LogP contribution in [0.3, 0.4) is 0 Å². The number of hydrogen-bond acceptors (Lipinski definition) is 3. The van der Waals surface area contributed by atoms with Crippen molar-refractivity contribution in [3.05, 3.63) is 16.4 Å². The van der Waals surface area contributed by atoms with E-state index >= 15 is 0 Å². The maximum Gasteiger partial charge on any atom is 0.438 e. The van der Waals surface area contributed by atoms with Crippen LogP contribution in [0, 0.1) is 0 Å². The zero-order valence-electron chi connectivity index (χ0n) is 15.1. The summed E-state index contributed by atoms with van der Waals surface area (Å²) in [6.07, 6.45) is 21.3. The van der Waals surface area contributed by atoms with Crippen molar-refractivity contribution in [1.82, 2.24) is 10.1 Å². The molecule has 0 fully saturated rings. The van der Waals surface area contributed by atoms with Crippen molar-refractivity contribution < 1.29 is 4.52 Å². The molecule has 1 rings (SSSR count). The van der Waals surface area contributed by atoms with Gasteiger partial charge in [0.15, 0.2) is 5.82 Å². The minimum absolute atomic E-state index is 0.444. The minimum Gasteiger partial charge on any atom is -0.296 e. The van der Waals surface area contributed by atoms with Crippen LogP contribution in [0.1, 0.15) is 109 Å². The molecule has 0 saturated heterocycles. The Morgan fingerprint density at radius 2 is 1.17 bits per heavy atom. The van der Waals surface area contributed by atoms with E-state index in [1.54, 1.807) is 0 Å². The van der Waals surface area contributed by atoms with E-state index in [9.17, 15) is 4.79 Å². The van der Waals surface area contributed by atoms with Gasteiger partial charge in [0.25, 0.3) is 0 Å². The molecule has 1 heterocycles. The molecular formula is C19H36N2O2. The predicted octanol–water partition coefficient (Wildman–Crippen LogP) is 5.78. The van der Waals surface area contributed by atoms with Gasteiger partial charge in [-0.15, -0.1) is 0 Å². The third-order valence-corrected chi connectivity index (χ3v) is 4.50. The van der Waals surface area contributed by atoms with Gasteiger partial charge in [0.05, 0.1) is 0 Å².